The van der Waals surface area contributed by atoms with Crippen LogP contribution < -0.4 is 0 Å². The molecule has 36 heavy (non-hydrogen) atoms. The van der Waals surface area contributed by atoms with Crippen molar-refractivity contribution in [3.8, 4) is 23.3 Å². The van der Waals surface area contributed by atoms with Crippen molar-refractivity contribution in [3.63, 3.8) is 0 Å². The molecule has 8 nitrogen and oxygen atoms in total. The molecule has 182 valence electrons. The molecule has 1 N–H and O–H groups in total. The van der Waals surface area contributed by atoms with Gasteiger partial charge in [-0.1, -0.05) is 11.8 Å². The van der Waals surface area contributed by atoms with E-state index < -0.39 is 5.82 Å². The molecule has 1 aliphatic rings. The molecule has 1 aliphatic heterocycles. The van der Waals surface area contributed by atoms with E-state index in [0.717, 1.165) is 47.6 Å². The van der Waals surface area contributed by atoms with Gasteiger partial charge in [-0.25, -0.2) is 8.91 Å². The number of benzene rings is 1. The number of halogens is 1. The number of likely N-dealkylation sites (tertiary alicyclic amines) is 1. The maximum absolute atomic E-state index is 13.7. The minimum atomic E-state index is -0.470. The van der Waals surface area contributed by atoms with Gasteiger partial charge in [0.1, 0.15) is 18.0 Å². The van der Waals surface area contributed by atoms with E-state index in [-0.39, 0.29) is 12.2 Å². The van der Waals surface area contributed by atoms with Crippen LogP contribution in [-0.2, 0) is 0 Å². The summed E-state index contributed by atoms with van der Waals surface area (Å²) in [6.45, 7) is 4.78. The molecule has 0 aliphatic carbocycles. The molecule has 0 atom stereocenters. The van der Waals surface area contributed by atoms with Gasteiger partial charge in [-0.2, -0.15) is 20.7 Å². The van der Waals surface area contributed by atoms with Crippen molar-refractivity contribution in [3.05, 3.63) is 65.5 Å². The van der Waals surface area contributed by atoms with Crippen LogP contribution in [-0.4, -0.2) is 55.6 Å². The molecule has 1 aromatic carbocycles. The van der Waals surface area contributed by atoms with Crippen LogP contribution >= 0.6 is 11.8 Å². The average molecular weight is 502 g/mol. The van der Waals surface area contributed by atoms with Gasteiger partial charge in [-0.15, -0.1) is 0 Å². The number of hydrogen-bond acceptors (Lipinski definition) is 7. The van der Waals surface area contributed by atoms with Crippen molar-refractivity contribution >= 4 is 17.3 Å². The lowest BCUT2D eigenvalue weighted by atomic mass is 10.0. The van der Waals surface area contributed by atoms with Crippen LogP contribution in [0.15, 0.2) is 52.6 Å². The number of pyridine rings is 1. The smallest absolute Gasteiger partial charge is 0.124 e. The van der Waals surface area contributed by atoms with Crippen LogP contribution in [0.2, 0.25) is 0 Å². The zero-order chi connectivity index (χ0) is 25.2. The number of nitrogens with zero attached hydrogens (tertiary/aromatic N) is 7. The van der Waals surface area contributed by atoms with Gasteiger partial charge in [0, 0.05) is 52.4 Å². The van der Waals surface area contributed by atoms with Crippen molar-refractivity contribution in [2.24, 2.45) is 0 Å². The van der Waals surface area contributed by atoms with Crippen molar-refractivity contribution in [1.82, 2.24) is 24.3 Å². The Balaban J connectivity index is 1.53. The fourth-order valence-electron chi connectivity index (χ4n) is 4.79. The molecule has 0 amide bonds. The molecular formula is C26H24FN7OS. The first-order valence-corrected chi connectivity index (χ1v) is 12.5. The summed E-state index contributed by atoms with van der Waals surface area (Å²) in [5.74, 6) is -0.470. The largest absolute Gasteiger partial charge is 0.395 e. The first kappa shape index (κ1) is 24.0. The average Bonchev–Trinajstić information content (AvgIpc) is 3.49. The first-order valence-electron chi connectivity index (χ1n) is 11.7. The minimum absolute atomic E-state index is 0.174. The molecule has 4 heterocycles. The maximum Gasteiger partial charge on any atom is 0.124 e. The van der Waals surface area contributed by atoms with Crippen molar-refractivity contribution in [1.29, 1.82) is 10.5 Å². The van der Waals surface area contributed by atoms with Crippen molar-refractivity contribution < 1.29 is 9.50 Å². The highest BCUT2D eigenvalue weighted by atomic mass is 32.2. The van der Waals surface area contributed by atoms with Crippen molar-refractivity contribution in [2.75, 3.05) is 26.2 Å². The SMILES string of the molecule is Cc1c(-c2cc(Sc3ccc(F)cc3C#N)c3c(C#N)cnn3c2)cnn1C1CCN(CCO)CC1. The fraction of sp³-hybridized carbons (Fsp3) is 0.308. The summed E-state index contributed by atoms with van der Waals surface area (Å²) in [6.07, 6.45) is 7.20. The van der Waals surface area contributed by atoms with E-state index in [9.17, 15) is 20.0 Å². The van der Waals surface area contributed by atoms with Crippen LogP contribution in [0.3, 0.4) is 0 Å². The topological polar surface area (TPSA) is 106 Å². The van der Waals surface area contributed by atoms with Gasteiger partial charge < -0.3 is 10.0 Å². The van der Waals surface area contributed by atoms with Crippen LogP contribution in [0.4, 0.5) is 4.39 Å². The molecule has 5 rings (SSSR count). The fourth-order valence-corrected chi connectivity index (χ4v) is 5.87. The molecule has 1 saturated heterocycles. The number of fused-ring (bicyclic) bond motifs is 1. The molecule has 1 fully saturated rings. The minimum Gasteiger partial charge on any atom is -0.395 e. The lowest BCUT2D eigenvalue weighted by Gasteiger charge is -2.32. The van der Waals surface area contributed by atoms with E-state index in [0.29, 0.717) is 28.6 Å². The maximum atomic E-state index is 13.7. The lowest BCUT2D eigenvalue weighted by Crippen LogP contribution is -2.36. The molecule has 0 spiro atoms. The number of aromatic nitrogens is 4. The Morgan fingerprint density at radius 1 is 1.08 bits per heavy atom. The molecule has 0 unspecified atom stereocenters. The Hall–Kier alpha value is -3.70. The standard InChI is InChI=1S/C26H24FN7OS/c1-17-23(15-31-34(17)22-4-6-32(7-5-22)8-9-35)19-11-25(26-20(13-29)14-30-33(26)16-19)36-24-3-2-21(27)10-18(24)12-28/h2-3,10-11,14-16,22,35H,4-9H2,1H3. The monoisotopic (exact) mass is 501 g/mol. The number of hydrogen-bond donors (Lipinski definition) is 1. The molecule has 4 aromatic rings. The summed E-state index contributed by atoms with van der Waals surface area (Å²) >= 11 is 1.31. The van der Waals surface area contributed by atoms with Crippen molar-refractivity contribution in [2.45, 2.75) is 35.6 Å². The Morgan fingerprint density at radius 3 is 2.58 bits per heavy atom. The molecule has 10 heteroatoms. The third-order valence-corrected chi connectivity index (χ3v) is 7.76. The number of aliphatic hydroxyl groups excluding tert-OH is 1. The molecular weight excluding hydrogens is 477 g/mol. The second-order valence-electron chi connectivity index (χ2n) is 8.80. The number of β-amino-alcohol motifs (C(OH)–C–C–N with tert-alkyl or cyclic N) is 1. The van der Waals surface area contributed by atoms with E-state index >= 15 is 0 Å². The Bertz CT molecular complexity index is 1510. The Kier molecular flexibility index (Phi) is 6.75. The predicted molar refractivity (Wildman–Crippen MR) is 133 cm³/mol. The number of aliphatic hydroxyl groups is 1. The van der Waals surface area contributed by atoms with Gasteiger partial charge in [0.2, 0.25) is 0 Å². The van der Waals surface area contributed by atoms with E-state index in [4.69, 9.17) is 5.10 Å². The van der Waals surface area contributed by atoms with Crippen LogP contribution in [0.25, 0.3) is 16.6 Å². The van der Waals surface area contributed by atoms with E-state index in [1.165, 1.54) is 30.1 Å². The second kappa shape index (κ2) is 10.1. The summed E-state index contributed by atoms with van der Waals surface area (Å²) in [4.78, 5) is 3.61. The Labute approximate surface area is 212 Å². The molecule has 0 saturated carbocycles. The zero-order valence-corrected chi connectivity index (χ0v) is 20.5. The highest BCUT2D eigenvalue weighted by Crippen LogP contribution is 2.38. The van der Waals surface area contributed by atoms with Gasteiger partial charge in [0.05, 0.1) is 41.7 Å². The number of piperidine rings is 1. The Morgan fingerprint density at radius 2 is 1.86 bits per heavy atom. The predicted octanol–water partition coefficient (Wildman–Crippen LogP) is 4.17. The van der Waals surface area contributed by atoms with E-state index in [1.54, 1.807) is 10.6 Å². The van der Waals surface area contributed by atoms with E-state index in [2.05, 4.69) is 33.7 Å². The second-order valence-corrected chi connectivity index (χ2v) is 9.88. The molecule has 0 bridgehead atoms. The quantitative estimate of drug-likeness (QED) is 0.423. The van der Waals surface area contributed by atoms with Gasteiger partial charge in [-0.05, 0) is 44.0 Å². The highest BCUT2D eigenvalue weighted by molar-refractivity contribution is 7.99. The van der Waals surface area contributed by atoms with Crippen LogP contribution in [0.1, 0.15) is 35.7 Å². The first-order chi connectivity index (χ1) is 17.5. The van der Waals surface area contributed by atoms with Gasteiger partial charge in [0.15, 0.2) is 0 Å². The summed E-state index contributed by atoms with van der Waals surface area (Å²) in [5, 5.41) is 37.5. The molecule has 0 radical (unpaired) electrons. The summed E-state index contributed by atoms with van der Waals surface area (Å²) < 4.78 is 17.5. The third-order valence-electron chi connectivity index (χ3n) is 6.65. The number of nitriles is 2. The van der Waals surface area contributed by atoms with E-state index in [1.807, 2.05) is 18.5 Å². The highest BCUT2D eigenvalue weighted by Gasteiger charge is 2.24. The summed E-state index contributed by atoms with van der Waals surface area (Å²) in [5.41, 5.74) is 4.19. The molecule has 3 aromatic heterocycles. The lowest BCUT2D eigenvalue weighted by molar-refractivity contribution is 0.145. The van der Waals surface area contributed by atoms with Crippen LogP contribution in [0.5, 0.6) is 0 Å². The van der Waals surface area contributed by atoms with Crippen LogP contribution in [0, 0.1) is 35.4 Å². The summed E-state index contributed by atoms with van der Waals surface area (Å²) in [6, 6.07) is 10.6. The summed E-state index contributed by atoms with van der Waals surface area (Å²) in [7, 11) is 0. The van der Waals surface area contributed by atoms with Gasteiger partial charge >= 0.3 is 0 Å². The third kappa shape index (κ3) is 4.47. The normalized spacial score (nSPS) is 14.7. The van der Waals surface area contributed by atoms with Gasteiger partial charge in [0.25, 0.3) is 0 Å². The zero-order valence-electron chi connectivity index (χ0n) is 19.7. The number of rotatable bonds is 6. The van der Waals surface area contributed by atoms with Gasteiger partial charge in [-0.3, -0.25) is 4.68 Å².